The lowest BCUT2D eigenvalue weighted by Crippen LogP contribution is -1.95. The molecule has 0 saturated carbocycles. The molecular weight excluding hydrogens is 360 g/mol. The quantitative estimate of drug-likeness (QED) is 0.409. The summed E-state index contributed by atoms with van der Waals surface area (Å²) in [6, 6.07) is 15.7. The molecule has 0 spiro atoms. The van der Waals surface area contributed by atoms with Crippen LogP contribution in [0.2, 0.25) is 0 Å². The first-order chi connectivity index (χ1) is 13.3. The molecule has 27 heavy (non-hydrogen) atoms. The molecule has 0 fully saturated rings. The third-order valence-corrected chi connectivity index (χ3v) is 4.59. The predicted molar refractivity (Wildman–Crippen MR) is 107 cm³/mol. The van der Waals surface area contributed by atoms with Crippen molar-refractivity contribution >= 4 is 22.7 Å². The smallest absolute Gasteiger partial charge is 0.203 e. The minimum atomic E-state index is 0.733. The van der Waals surface area contributed by atoms with Crippen LogP contribution >= 0.6 is 11.3 Å². The minimum Gasteiger partial charge on any atom is -0.497 e. The number of methoxy groups -OCH3 is 1. The summed E-state index contributed by atoms with van der Waals surface area (Å²) in [6.07, 6.45) is 4.92. The van der Waals surface area contributed by atoms with Gasteiger partial charge in [-0.15, -0.1) is 11.3 Å². The van der Waals surface area contributed by atoms with Gasteiger partial charge in [0.1, 0.15) is 18.4 Å². The molecule has 0 atom stereocenters. The van der Waals surface area contributed by atoms with Crippen LogP contribution in [0, 0.1) is 0 Å². The third-order valence-electron chi connectivity index (χ3n) is 3.84. The van der Waals surface area contributed by atoms with E-state index in [1.54, 1.807) is 24.3 Å². The molecule has 0 radical (unpaired) electrons. The Bertz CT molecular complexity index is 1020. The van der Waals surface area contributed by atoms with Crippen LogP contribution in [-0.4, -0.2) is 33.1 Å². The molecule has 0 unspecified atom stereocenters. The van der Waals surface area contributed by atoms with Gasteiger partial charge in [0.25, 0.3) is 0 Å². The maximum Gasteiger partial charge on any atom is 0.203 e. The van der Waals surface area contributed by atoms with Gasteiger partial charge in [-0.25, -0.2) is 14.6 Å². The van der Waals surface area contributed by atoms with Crippen LogP contribution in [0.5, 0.6) is 5.75 Å². The summed E-state index contributed by atoms with van der Waals surface area (Å²) in [7, 11) is 1.65. The molecule has 7 nitrogen and oxygen atoms in total. The zero-order chi connectivity index (χ0) is 18.5. The molecule has 0 amide bonds. The van der Waals surface area contributed by atoms with Gasteiger partial charge in [-0.3, -0.25) is 5.43 Å². The van der Waals surface area contributed by atoms with Crippen LogP contribution in [0.15, 0.2) is 71.7 Å². The van der Waals surface area contributed by atoms with Crippen LogP contribution < -0.4 is 10.2 Å². The number of anilines is 1. The number of rotatable bonds is 6. The fraction of sp³-hybridized carbons (Fsp3) is 0.0526. The maximum atomic E-state index is 5.18. The maximum absolute atomic E-state index is 5.18. The van der Waals surface area contributed by atoms with Gasteiger partial charge >= 0.3 is 0 Å². The Balaban J connectivity index is 1.39. The zero-order valence-electron chi connectivity index (χ0n) is 14.5. The summed E-state index contributed by atoms with van der Waals surface area (Å²) >= 11 is 1.50. The molecule has 2 aromatic carbocycles. The van der Waals surface area contributed by atoms with E-state index in [-0.39, 0.29) is 0 Å². The fourth-order valence-corrected chi connectivity index (χ4v) is 3.10. The summed E-state index contributed by atoms with van der Waals surface area (Å²) in [5.41, 5.74) is 6.82. The van der Waals surface area contributed by atoms with Gasteiger partial charge in [0.05, 0.1) is 24.7 Å². The Morgan fingerprint density at radius 1 is 1.11 bits per heavy atom. The number of ether oxygens (including phenoxy) is 1. The second kappa shape index (κ2) is 7.79. The summed E-state index contributed by atoms with van der Waals surface area (Å²) in [5.74, 6) is 0.826. The molecule has 0 saturated heterocycles. The number of aromatic nitrogens is 4. The van der Waals surface area contributed by atoms with Gasteiger partial charge in [0, 0.05) is 10.9 Å². The minimum absolute atomic E-state index is 0.733. The highest BCUT2D eigenvalue weighted by Crippen LogP contribution is 2.26. The molecule has 4 aromatic rings. The number of hydrogen-bond donors (Lipinski definition) is 1. The van der Waals surface area contributed by atoms with Crippen molar-refractivity contribution in [3.05, 3.63) is 72.1 Å². The summed E-state index contributed by atoms with van der Waals surface area (Å²) in [5, 5.41) is 11.1. The van der Waals surface area contributed by atoms with E-state index < -0.39 is 0 Å². The van der Waals surface area contributed by atoms with Gasteiger partial charge in [-0.1, -0.05) is 12.1 Å². The number of nitrogens with one attached hydrogen (secondary N) is 1. The highest BCUT2D eigenvalue weighted by atomic mass is 32.1. The fourth-order valence-electron chi connectivity index (χ4n) is 2.44. The van der Waals surface area contributed by atoms with Crippen molar-refractivity contribution in [1.29, 1.82) is 0 Å². The first-order valence-electron chi connectivity index (χ1n) is 8.16. The van der Waals surface area contributed by atoms with Crippen molar-refractivity contribution in [3.63, 3.8) is 0 Å². The first-order valence-corrected chi connectivity index (χ1v) is 9.04. The van der Waals surface area contributed by atoms with E-state index in [2.05, 4.69) is 25.6 Å². The van der Waals surface area contributed by atoms with Crippen LogP contribution in [0.25, 0.3) is 16.9 Å². The van der Waals surface area contributed by atoms with Gasteiger partial charge < -0.3 is 4.74 Å². The highest BCUT2D eigenvalue weighted by Gasteiger charge is 2.04. The average molecular weight is 376 g/mol. The van der Waals surface area contributed by atoms with E-state index in [0.29, 0.717) is 0 Å². The highest BCUT2D eigenvalue weighted by molar-refractivity contribution is 7.14. The zero-order valence-corrected chi connectivity index (χ0v) is 15.3. The number of nitrogens with zero attached hydrogens (tertiary/aromatic N) is 5. The Morgan fingerprint density at radius 3 is 2.63 bits per heavy atom. The number of hydrogen-bond acceptors (Lipinski definition) is 7. The standard InChI is InChI=1S/C19H16N6OS/c1-26-17-8-4-15(5-9-17)18-11-27-19(23-18)24-21-10-14-2-6-16(7-3-14)25-13-20-12-22-25/h2-13H,1H3,(H,23,24)/b21-10+. The predicted octanol–water partition coefficient (Wildman–Crippen LogP) is 3.85. The van der Waals surface area contributed by atoms with Crippen molar-refractivity contribution in [2.45, 2.75) is 0 Å². The van der Waals surface area contributed by atoms with Gasteiger partial charge in [0.2, 0.25) is 5.13 Å². The van der Waals surface area contributed by atoms with Crippen LogP contribution in [0.4, 0.5) is 5.13 Å². The monoisotopic (exact) mass is 376 g/mol. The molecular formula is C19H16N6OS. The Morgan fingerprint density at radius 2 is 1.93 bits per heavy atom. The topological polar surface area (TPSA) is 77.2 Å². The van der Waals surface area contributed by atoms with Crippen LogP contribution in [0.3, 0.4) is 0 Å². The average Bonchev–Trinajstić information content (AvgIpc) is 3.41. The summed E-state index contributed by atoms with van der Waals surface area (Å²) in [4.78, 5) is 8.49. The largest absolute Gasteiger partial charge is 0.497 e. The normalized spacial score (nSPS) is 11.0. The lowest BCUT2D eigenvalue weighted by atomic mass is 10.2. The molecule has 2 heterocycles. The van der Waals surface area contributed by atoms with Crippen molar-refractivity contribution in [3.8, 4) is 22.7 Å². The molecule has 0 aliphatic heterocycles. The van der Waals surface area contributed by atoms with Gasteiger partial charge in [0.15, 0.2) is 0 Å². The molecule has 0 aliphatic rings. The molecule has 0 bridgehead atoms. The SMILES string of the molecule is COc1ccc(-c2csc(N/N=C/c3ccc(-n4cncn4)cc3)n2)cc1. The van der Waals surface area contributed by atoms with Gasteiger partial charge in [-0.05, 0) is 42.0 Å². The van der Waals surface area contributed by atoms with Crippen LogP contribution in [0.1, 0.15) is 5.56 Å². The molecule has 0 aliphatic carbocycles. The molecule has 4 rings (SSSR count). The Hall–Kier alpha value is -3.52. The molecule has 2 aromatic heterocycles. The van der Waals surface area contributed by atoms with E-state index in [1.165, 1.54) is 17.7 Å². The van der Waals surface area contributed by atoms with E-state index in [1.807, 2.05) is 53.9 Å². The lowest BCUT2D eigenvalue weighted by Gasteiger charge is -2.01. The van der Waals surface area contributed by atoms with Crippen molar-refractivity contribution in [2.24, 2.45) is 5.10 Å². The molecule has 8 heteroatoms. The molecule has 134 valence electrons. The van der Waals surface area contributed by atoms with Crippen molar-refractivity contribution in [2.75, 3.05) is 12.5 Å². The van der Waals surface area contributed by atoms with E-state index in [9.17, 15) is 0 Å². The third kappa shape index (κ3) is 4.01. The Kier molecular flexibility index (Phi) is 4.88. The number of thiazole rings is 1. The molecule has 1 N–H and O–H groups in total. The first kappa shape index (κ1) is 16.9. The summed E-state index contributed by atoms with van der Waals surface area (Å²) < 4.78 is 6.88. The Labute approximate surface area is 160 Å². The lowest BCUT2D eigenvalue weighted by molar-refractivity contribution is 0.415. The van der Waals surface area contributed by atoms with E-state index in [4.69, 9.17) is 4.74 Å². The second-order valence-corrected chi connectivity index (χ2v) is 6.43. The second-order valence-electron chi connectivity index (χ2n) is 5.57. The number of benzene rings is 2. The summed E-state index contributed by atoms with van der Waals surface area (Å²) in [6.45, 7) is 0. The van der Waals surface area contributed by atoms with Crippen LogP contribution in [-0.2, 0) is 0 Å². The van der Waals surface area contributed by atoms with Crippen molar-refractivity contribution in [1.82, 2.24) is 19.7 Å². The van der Waals surface area contributed by atoms with E-state index >= 15 is 0 Å². The van der Waals surface area contributed by atoms with Crippen molar-refractivity contribution < 1.29 is 4.74 Å². The van der Waals surface area contributed by atoms with E-state index in [0.717, 1.165) is 33.4 Å². The van der Waals surface area contributed by atoms with Gasteiger partial charge in [-0.2, -0.15) is 10.2 Å². The number of hydrazone groups is 1.